The van der Waals surface area contributed by atoms with Gasteiger partial charge in [0.2, 0.25) is 5.91 Å². The summed E-state index contributed by atoms with van der Waals surface area (Å²) < 4.78 is 43.8. The average molecular weight is 362 g/mol. The quantitative estimate of drug-likeness (QED) is 0.794. The zero-order valence-electron chi connectivity index (χ0n) is 12.8. The number of carbonyl (C=O) groups is 1. The molecule has 0 fully saturated rings. The lowest BCUT2D eigenvalue weighted by Crippen LogP contribution is -2.33. The Bertz CT molecular complexity index is 703. The summed E-state index contributed by atoms with van der Waals surface area (Å²) in [7, 11) is 1.54. The minimum atomic E-state index is -4.52. The number of hydrogen-bond acceptors (Lipinski definition) is 3. The van der Waals surface area contributed by atoms with Crippen molar-refractivity contribution in [1.29, 1.82) is 0 Å². The molecule has 2 rings (SSSR count). The van der Waals surface area contributed by atoms with Gasteiger partial charge < -0.3 is 9.64 Å². The molecule has 0 bridgehead atoms. The number of likely N-dealkylation sites (N-methyl/N-ethyl adjacent to an activating group) is 1. The third-order valence-electron chi connectivity index (χ3n) is 3.15. The molecule has 0 aliphatic heterocycles. The molecule has 0 N–H and O–H groups in total. The molecule has 5 nitrogen and oxygen atoms in total. The molecule has 9 heteroatoms. The Morgan fingerprint density at radius 2 is 2.12 bits per heavy atom. The van der Waals surface area contributed by atoms with Crippen molar-refractivity contribution >= 4 is 17.5 Å². The van der Waals surface area contributed by atoms with Gasteiger partial charge in [-0.1, -0.05) is 17.7 Å². The SMILES string of the molecule is CN(CCOc1cccc(Cl)c1)C(=O)Cn1ccc(C(F)(F)F)n1. The number of halogens is 4. The number of nitrogens with zero attached hydrogens (tertiary/aromatic N) is 3. The first-order valence-electron chi connectivity index (χ1n) is 6.98. The summed E-state index contributed by atoms with van der Waals surface area (Å²) in [5, 5.41) is 3.88. The van der Waals surface area contributed by atoms with Crippen molar-refractivity contribution in [1.82, 2.24) is 14.7 Å². The van der Waals surface area contributed by atoms with Crippen LogP contribution in [0, 0.1) is 0 Å². The van der Waals surface area contributed by atoms with Crippen LogP contribution in [0.2, 0.25) is 5.02 Å². The predicted molar refractivity (Wildman–Crippen MR) is 81.8 cm³/mol. The van der Waals surface area contributed by atoms with E-state index in [1.54, 1.807) is 24.3 Å². The second-order valence-corrected chi connectivity index (χ2v) is 5.45. The van der Waals surface area contributed by atoms with Crippen LogP contribution in [0.3, 0.4) is 0 Å². The molecule has 0 aliphatic carbocycles. The highest BCUT2D eigenvalue weighted by Crippen LogP contribution is 2.27. The topological polar surface area (TPSA) is 47.4 Å². The van der Waals surface area contributed by atoms with E-state index in [2.05, 4.69) is 5.10 Å². The number of aromatic nitrogens is 2. The molecule has 1 amide bonds. The maximum Gasteiger partial charge on any atom is 0.435 e. The molecule has 0 radical (unpaired) electrons. The van der Waals surface area contributed by atoms with Crippen LogP contribution >= 0.6 is 11.6 Å². The van der Waals surface area contributed by atoms with Gasteiger partial charge in [-0.05, 0) is 24.3 Å². The zero-order chi connectivity index (χ0) is 17.7. The Kier molecular flexibility index (Phi) is 5.71. The van der Waals surface area contributed by atoms with Crippen molar-refractivity contribution in [2.45, 2.75) is 12.7 Å². The van der Waals surface area contributed by atoms with Crippen molar-refractivity contribution in [2.24, 2.45) is 0 Å². The molecule has 0 saturated heterocycles. The Morgan fingerprint density at radius 3 is 2.75 bits per heavy atom. The van der Waals surface area contributed by atoms with E-state index in [9.17, 15) is 18.0 Å². The fourth-order valence-electron chi connectivity index (χ4n) is 1.84. The first kappa shape index (κ1) is 18.1. The largest absolute Gasteiger partial charge is 0.492 e. The van der Waals surface area contributed by atoms with Crippen LogP contribution in [0.25, 0.3) is 0 Å². The number of rotatable bonds is 6. The summed E-state index contributed by atoms with van der Waals surface area (Å²) in [6.45, 7) is 0.234. The van der Waals surface area contributed by atoms with E-state index in [-0.39, 0.29) is 25.6 Å². The number of hydrogen-bond donors (Lipinski definition) is 0. The van der Waals surface area contributed by atoms with Gasteiger partial charge in [-0.15, -0.1) is 0 Å². The van der Waals surface area contributed by atoms with Gasteiger partial charge in [-0.2, -0.15) is 18.3 Å². The van der Waals surface area contributed by atoms with E-state index in [4.69, 9.17) is 16.3 Å². The second kappa shape index (κ2) is 7.57. The molecule has 0 spiro atoms. The zero-order valence-corrected chi connectivity index (χ0v) is 13.5. The number of ether oxygens (including phenoxy) is 1. The summed E-state index contributed by atoms with van der Waals surface area (Å²) in [4.78, 5) is 13.3. The third kappa shape index (κ3) is 5.16. The summed E-state index contributed by atoms with van der Waals surface area (Å²) >= 11 is 5.83. The molecular weight excluding hydrogens is 347 g/mol. The Balaban J connectivity index is 1.81. The fraction of sp³-hybridized carbons (Fsp3) is 0.333. The molecule has 1 aromatic heterocycles. The van der Waals surface area contributed by atoms with Crippen LogP contribution in [0.15, 0.2) is 36.5 Å². The van der Waals surface area contributed by atoms with E-state index in [1.165, 1.54) is 11.9 Å². The smallest absolute Gasteiger partial charge is 0.435 e. The van der Waals surface area contributed by atoms with E-state index in [0.29, 0.717) is 10.8 Å². The molecular formula is C15H15ClF3N3O2. The second-order valence-electron chi connectivity index (χ2n) is 5.02. The lowest BCUT2D eigenvalue weighted by Gasteiger charge is -2.17. The van der Waals surface area contributed by atoms with Gasteiger partial charge in [-0.25, -0.2) is 0 Å². The number of benzene rings is 1. The van der Waals surface area contributed by atoms with Gasteiger partial charge in [0, 0.05) is 18.3 Å². The normalized spacial score (nSPS) is 11.4. The number of alkyl halides is 3. The van der Waals surface area contributed by atoms with Crippen molar-refractivity contribution in [2.75, 3.05) is 20.2 Å². The van der Waals surface area contributed by atoms with Crippen LogP contribution in [0.1, 0.15) is 5.69 Å². The van der Waals surface area contributed by atoms with Crippen molar-refractivity contribution in [3.05, 3.63) is 47.2 Å². The molecule has 1 heterocycles. The van der Waals surface area contributed by atoms with Gasteiger partial charge >= 0.3 is 6.18 Å². The van der Waals surface area contributed by atoms with Gasteiger partial charge in [0.25, 0.3) is 0 Å². The minimum Gasteiger partial charge on any atom is -0.492 e. The summed E-state index contributed by atoms with van der Waals surface area (Å²) in [5.74, 6) is 0.201. The molecule has 130 valence electrons. The van der Waals surface area contributed by atoms with Gasteiger partial charge in [0.1, 0.15) is 18.9 Å². The van der Waals surface area contributed by atoms with Crippen LogP contribution < -0.4 is 4.74 Å². The van der Waals surface area contributed by atoms with Crippen LogP contribution in [-0.2, 0) is 17.5 Å². The van der Waals surface area contributed by atoms with Crippen molar-refractivity contribution in [3.8, 4) is 5.75 Å². The lowest BCUT2D eigenvalue weighted by molar-refractivity contribution is -0.142. The van der Waals surface area contributed by atoms with E-state index < -0.39 is 11.9 Å². The molecule has 0 atom stereocenters. The average Bonchev–Trinajstić information content (AvgIpc) is 2.96. The first-order chi connectivity index (χ1) is 11.3. The Morgan fingerprint density at radius 1 is 1.38 bits per heavy atom. The summed E-state index contributed by atoms with van der Waals surface area (Å²) in [6.07, 6.45) is -3.40. The highest BCUT2D eigenvalue weighted by molar-refractivity contribution is 6.30. The fourth-order valence-corrected chi connectivity index (χ4v) is 2.02. The Hall–Kier alpha value is -2.22. The summed E-state index contributed by atoms with van der Waals surface area (Å²) in [5.41, 5.74) is -1.03. The third-order valence-corrected chi connectivity index (χ3v) is 3.38. The van der Waals surface area contributed by atoms with Crippen LogP contribution in [0.5, 0.6) is 5.75 Å². The maximum atomic E-state index is 12.5. The number of carbonyl (C=O) groups excluding carboxylic acids is 1. The van der Waals surface area contributed by atoms with Crippen molar-refractivity contribution < 1.29 is 22.7 Å². The number of amides is 1. The van der Waals surface area contributed by atoms with E-state index in [0.717, 1.165) is 16.9 Å². The highest BCUT2D eigenvalue weighted by atomic mass is 35.5. The van der Waals surface area contributed by atoms with E-state index >= 15 is 0 Å². The molecule has 0 unspecified atom stereocenters. The van der Waals surface area contributed by atoms with Crippen LogP contribution in [0.4, 0.5) is 13.2 Å². The monoisotopic (exact) mass is 361 g/mol. The predicted octanol–water partition coefficient (Wildman–Crippen LogP) is 3.09. The molecule has 0 aliphatic rings. The molecule has 2 aromatic rings. The molecule has 0 saturated carbocycles. The standard InChI is InChI=1S/C15H15ClF3N3O2/c1-21(7-8-24-12-4-2-3-11(16)9-12)14(23)10-22-6-5-13(20-22)15(17,18)19/h2-6,9H,7-8,10H2,1H3. The van der Waals surface area contributed by atoms with E-state index in [1.807, 2.05) is 0 Å². The highest BCUT2D eigenvalue weighted by Gasteiger charge is 2.33. The maximum absolute atomic E-state index is 12.5. The minimum absolute atomic E-state index is 0.232. The Labute approximate surface area is 141 Å². The lowest BCUT2D eigenvalue weighted by atomic mass is 10.3. The van der Waals surface area contributed by atoms with Gasteiger partial charge in [0.05, 0.1) is 6.54 Å². The van der Waals surface area contributed by atoms with Crippen molar-refractivity contribution in [3.63, 3.8) is 0 Å². The summed E-state index contributed by atoms with van der Waals surface area (Å²) in [6, 6.07) is 7.66. The van der Waals surface area contributed by atoms with Gasteiger partial charge in [-0.3, -0.25) is 9.48 Å². The van der Waals surface area contributed by atoms with Crippen LogP contribution in [-0.4, -0.2) is 40.8 Å². The first-order valence-corrected chi connectivity index (χ1v) is 7.36. The molecule has 24 heavy (non-hydrogen) atoms. The molecule has 1 aromatic carbocycles. The van der Waals surface area contributed by atoms with Gasteiger partial charge in [0.15, 0.2) is 5.69 Å².